The first-order chi connectivity index (χ1) is 8.19. The SMILES string of the molecule is Cc1ccccc1Oc1cc(Cl)cc(C#N)c1. The third-order valence-electron chi connectivity index (χ3n) is 2.32. The Bertz CT molecular complexity index is 587. The van der Waals surface area contributed by atoms with Crippen LogP contribution < -0.4 is 4.74 Å². The minimum absolute atomic E-state index is 0.487. The van der Waals surface area contributed by atoms with E-state index in [2.05, 4.69) is 0 Å². The first-order valence-electron chi connectivity index (χ1n) is 5.13. The van der Waals surface area contributed by atoms with E-state index in [1.54, 1.807) is 18.2 Å². The van der Waals surface area contributed by atoms with Crippen LogP contribution >= 0.6 is 11.6 Å². The molecule has 0 amide bonds. The number of hydrogen-bond acceptors (Lipinski definition) is 2. The number of rotatable bonds is 2. The lowest BCUT2D eigenvalue weighted by Gasteiger charge is -2.08. The highest BCUT2D eigenvalue weighted by atomic mass is 35.5. The minimum atomic E-state index is 0.487. The molecule has 0 aliphatic heterocycles. The molecular formula is C14H10ClNO. The fourth-order valence-electron chi connectivity index (χ4n) is 1.48. The first kappa shape index (κ1) is 11.5. The summed E-state index contributed by atoms with van der Waals surface area (Å²) in [5, 5.41) is 9.34. The molecule has 0 atom stereocenters. The molecular weight excluding hydrogens is 234 g/mol. The Kier molecular flexibility index (Phi) is 3.32. The van der Waals surface area contributed by atoms with E-state index >= 15 is 0 Å². The van der Waals surface area contributed by atoms with E-state index in [9.17, 15) is 0 Å². The molecule has 3 heteroatoms. The van der Waals surface area contributed by atoms with Gasteiger partial charge in [0.25, 0.3) is 0 Å². The van der Waals surface area contributed by atoms with E-state index < -0.39 is 0 Å². The van der Waals surface area contributed by atoms with Gasteiger partial charge in [0.2, 0.25) is 0 Å². The molecule has 0 spiro atoms. The highest BCUT2D eigenvalue weighted by Crippen LogP contribution is 2.27. The lowest BCUT2D eigenvalue weighted by atomic mass is 10.2. The molecule has 2 aromatic rings. The Hall–Kier alpha value is -1.98. The van der Waals surface area contributed by atoms with Crippen LogP contribution in [0.15, 0.2) is 42.5 Å². The maximum Gasteiger partial charge on any atom is 0.130 e. The molecule has 0 aromatic heterocycles. The molecule has 17 heavy (non-hydrogen) atoms. The number of nitriles is 1. The molecule has 2 aromatic carbocycles. The van der Waals surface area contributed by atoms with Crippen LogP contribution in [-0.4, -0.2) is 0 Å². The topological polar surface area (TPSA) is 33.0 Å². The van der Waals surface area contributed by atoms with Crippen LogP contribution in [0.5, 0.6) is 11.5 Å². The summed E-state index contributed by atoms with van der Waals surface area (Å²) in [4.78, 5) is 0. The molecule has 0 radical (unpaired) electrons. The molecule has 2 rings (SSSR count). The van der Waals surface area contributed by atoms with E-state index in [0.717, 1.165) is 11.3 Å². The Morgan fingerprint density at radius 3 is 2.65 bits per heavy atom. The highest BCUT2D eigenvalue weighted by molar-refractivity contribution is 6.30. The van der Waals surface area contributed by atoms with Gasteiger partial charge in [0, 0.05) is 5.02 Å². The summed E-state index contributed by atoms with van der Waals surface area (Å²) in [6.07, 6.45) is 0. The molecule has 0 saturated carbocycles. The number of para-hydroxylation sites is 1. The summed E-state index contributed by atoms with van der Waals surface area (Å²) in [7, 11) is 0. The van der Waals surface area contributed by atoms with E-state index in [1.165, 1.54) is 0 Å². The maximum absolute atomic E-state index is 8.84. The van der Waals surface area contributed by atoms with Gasteiger partial charge in [0.05, 0.1) is 11.6 Å². The molecule has 84 valence electrons. The van der Waals surface area contributed by atoms with Crippen molar-refractivity contribution in [1.29, 1.82) is 5.26 Å². The fraction of sp³-hybridized carbons (Fsp3) is 0.0714. The van der Waals surface area contributed by atoms with Crippen molar-refractivity contribution in [3.63, 3.8) is 0 Å². The summed E-state index contributed by atoms with van der Waals surface area (Å²) < 4.78 is 5.70. The quantitative estimate of drug-likeness (QED) is 0.787. The maximum atomic E-state index is 8.84. The predicted molar refractivity (Wildman–Crippen MR) is 67.4 cm³/mol. The van der Waals surface area contributed by atoms with Crippen LogP contribution in [-0.2, 0) is 0 Å². The van der Waals surface area contributed by atoms with Gasteiger partial charge in [-0.1, -0.05) is 29.8 Å². The van der Waals surface area contributed by atoms with Crippen molar-refractivity contribution < 1.29 is 4.74 Å². The lowest BCUT2D eigenvalue weighted by molar-refractivity contribution is 0.479. The van der Waals surface area contributed by atoms with Gasteiger partial charge in [-0.05, 0) is 36.8 Å². The van der Waals surface area contributed by atoms with Crippen molar-refractivity contribution in [2.45, 2.75) is 6.92 Å². The second-order valence-corrected chi connectivity index (χ2v) is 4.09. The van der Waals surface area contributed by atoms with Crippen molar-refractivity contribution in [2.75, 3.05) is 0 Å². The number of aryl methyl sites for hydroxylation is 1. The van der Waals surface area contributed by atoms with Crippen molar-refractivity contribution in [3.05, 3.63) is 58.6 Å². The molecule has 0 aliphatic rings. The van der Waals surface area contributed by atoms with Crippen molar-refractivity contribution >= 4 is 11.6 Å². The van der Waals surface area contributed by atoms with Gasteiger partial charge in [0.1, 0.15) is 11.5 Å². The normalized spacial score (nSPS) is 9.71. The lowest BCUT2D eigenvalue weighted by Crippen LogP contribution is -1.88. The summed E-state index contributed by atoms with van der Waals surface area (Å²) in [5.74, 6) is 1.34. The van der Waals surface area contributed by atoms with E-state index in [1.807, 2.05) is 37.3 Å². The molecule has 0 unspecified atom stereocenters. The number of nitrogens with zero attached hydrogens (tertiary/aromatic N) is 1. The third-order valence-corrected chi connectivity index (χ3v) is 2.54. The van der Waals surface area contributed by atoms with Crippen LogP contribution in [0.1, 0.15) is 11.1 Å². The van der Waals surface area contributed by atoms with Crippen LogP contribution in [0.4, 0.5) is 0 Å². The molecule has 0 aliphatic carbocycles. The first-order valence-corrected chi connectivity index (χ1v) is 5.51. The smallest absolute Gasteiger partial charge is 0.130 e. The summed E-state index contributed by atoms with van der Waals surface area (Å²) in [6.45, 7) is 1.96. The van der Waals surface area contributed by atoms with Gasteiger partial charge in [-0.2, -0.15) is 5.26 Å². The van der Waals surface area contributed by atoms with Crippen LogP contribution in [0.2, 0.25) is 5.02 Å². The number of hydrogen-bond donors (Lipinski definition) is 0. The largest absolute Gasteiger partial charge is 0.457 e. The van der Waals surface area contributed by atoms with Crippen molar-refractivity contribution in [3.8, 4) is 17.6 Å². The zero-order valence-corrected chi connectivity index (χ0v) is 10.0. The summed E-state index contributed by atoms with van der Waals surface area (Å²) >= 11 is 5.90. The number of halogens is 1. The van der Waals surface area contributed by atoms with Gasteiger partial charge in [-0.15, -0.1) is 0 Å². The van der Waals surface area contributed by atoms with Gasteiger partial charge in [0.15, 0.2) is 0 Å². The third kappa shape index (κ3) is 2.77. The second-order valence-electron chi connectivity index (χ2n) is 3.65. The highest BCUT2D eigenvalue weighted by Gasteiger charge is 2.03. The van der Waals surface area contributed by atoms with Crippen molar-refractivity contribution in [2.24, 2.45) is 0 Å². The van der Waals surface area contributed by atoms with E-state index in [-0.39, 0.29) is 0 Å². The molecule has 0 fully saturated rings. The minimum Gasteiger partial charge on any atom is -0.457 e. The zero-order valence-electron chi connectivity index (χ0n) is 9.27. The molecule has 0 saturated heterocycles. The molecule has 2 nitrogen and oxygen atoms in total. The Balaban J connectivity index is 2.34. The van der Waals surface area contributed by atoms with Crippen LogP contribution in [0, 0.1) is 18.3 Å². The second kappa shape index (κ2) is 4.90. The Morgan fingerprint density at radius 1 is 1.18 bits per heavy atom. The van der Waals surface area contributed by atoms with Gasteiger partial charge in [-0.25, -0.2) is 0 Å². The Morgan fingerprint density at radius 2 is 1.94 bits per heavy atom. The average molecular weight is 244 g/mol. The molecule has 0 heterocycles. The molecule has 0 bridgehead atoms. The number of ether oxygens (including phenoxy) is 1. The van der Waals surface area contributed by atoms with Crippen LogP contribution in [0.3, 0.4) is 0 Å². The van der Waals surface area contributed by atoms with Crippen LogP contribution in [0.25, 0.3) is 0 Å². The van der Waals surface area contributed by atoms with Crippen molar-refractivity contribution in [1.82, 2.24) is 0 Å². The number of benzene rings is 2. The zero-order chi connectivity index (χ0) is 12.3. The van der Waals surface area contributed by atoms with E-state index in [4.69, 9.17) is 21.6 Å². The molecule has 0 N–H and O–H groups in total. The van der Waals surface area contributed by atoms with Gasteiger partial charge < -0.3 is 4.74 Å². The fourth-order valence-corrected chi connectivity index (χ4v) is 1.71. The van der Waals surface area contributed by atoms with E-state index in [0.29, 0.717) is 16.3 Å². The Labute approximate surface area is 105 Å². The monoisotopic (exact) mass is 243 g/mol. The van der Waals surface area contributed by atoms with Gasteiger partial charge in [-0.3, -0.25) is 0 Å². The summed E-state index contributed by atoms with van der Waals surface area (Å²) in [5.41, 5.74) is 1.52. The average Bonchev–Trinajstić information content (AvgIpc) is 2.31. The standard InChI is InChI=1S/C14H10ClNO/c1-10-4-2-3-5-14(10)17-13-7-11(9-16)6-12(15)8-13/h2-8H,1H3. The predicted octanol–water partition coefficient (Wildman–Crippen LogP) is 4.31. The summed E-state index contributed by atoms with van der Waals surface area (Å²) in [6, 6.07) is 14.7. The van der Waals surface area contributed by atoms with Gasteiger partial charge >= 0.3 is 0 Å².